The van der Waals surface area contributed by atoms with Crippen LogP contribution in [0.5, 0.6) is 17.2 Å². The van der Waals surface area contributed by atoms with E-state index in [9.17, 15) is 13.2 Å². The van der Waals surface area contributed by atoms with E-state index in [0.717, 1.165) is 11.3 Å². The largest absolute Gasteiger partial charge is 0.495 e. The van der Waals surface area contributed by atoms with E-state index in [-0.39, 0.29) is 16.7 Å². The monoisotopic (exact) mass is 560 g/mol. The third-order valence-corrected chi connectivity index (χ3v) is 6.36. The lowest BCUT2D eigenvalue weighted by molar-refractivity contribution is -0.146. The van der Waals surface area contributed by atoms with Crippen LogP contribution < -0.4 is 24.7 Å². The van der Waals surface area contributed by atoms with E-state index < -0.39 is 22.1 Å². The number of primary sulfonamides is 1. The van der Waals surface area contributed by atoms with Crippen molar-refractivity contribution in [2.24, 2.45) is 5.14 Å². The summed E-state index contributed by atoms with van der Waals surface area (Å²) in [5, 5.41) is 26.0. The van der Waals surface area contributed by atoms with E-state index in [0.29, 0.717) is 37.5 Å². The van der Waals surface area contributed by atoms with Crippen molar-refractivity contribution < 1.29 is 37.6 Å². The molecule has 0 spiro atoms. The molecule has 3 aromatic rings. The van der Waals surface area contributed by atoms with Crippen molar-refractivity contribution in [3.05, 3.63) is 83.9 Å². The second kappa shape index (κ2) is 15.7. The minimum Gasteiger partial charge on any atom is -0.495 e. The van der Waals surface area contributed by atoms with Gasteiger partial charge in [-0.1, -0.05) is 48.5 Å². The van der Waals surface area contributed by atoms with Crippen molar-refractivity contribution in [3.8, 4) is 17.2 Å². The second-order valence-corrected chi connectivity index (χ2v) is 10.00. The molecule has 3 aromatic carbocycles. The van der Waals surface area contributed by atoms with Crippen LogP contribution in [0.15, 0.2) is 77.7 Å². The first kappa shape index (κ1) is 31.6. The number of ether oxygens (including phenoxy) is 3. The van der Waals surface area contributed by atoms with Gasteiger partial charge in [-0.15, -0.1) is 0 Å². The fourth-order valence-electron chi connectivity index (χ4n) is 3.58. The normalized spacial score (nSPS) is 12.4. The molecule has 0 saturated heterocycles. The number of carboxylic acids is 1. The average Bonchev–Trinajstić information content (AvgIpc) is 2.92. The number of rotatable bonds is 13. The fourth-order valence-corrected chi connectivity index (χ4v) is 4.33. The first-order valence-corrected chi connectivity index (χ1v) is 13.8. The molecule has 0 bridgehead atoms. The Hall–Kier alpha value is -3.64. The number of para-hydroxylation sites is 2. The zero-order valence-corrected chi connectivity index (χ0v) is 23.1. The first-order chi connectivity index (χ1) is 18.6. The van der Waals surface area contributed by atoms with Crippen LogP contribution in [-0.4, -0.2) is 57.5 Å². The zero-order valence-electron chi connectivity index (χ0n) is 22.2. The van der Waals surface area contributed by atoms with Gasteiger partial charge in [0.25, 0.3) is 0 Å². The summed E-state index contributed by atoms with van der Waals surface area (Å²) in [5.74, 6) is 0.461. The topological polar surface area (TPSA) is 157 Å². The molecule has 5 N–H and O–H groups in total. The van der Waals surface area contributed by atoms with E-state index in [4.69, 9.17) is 29.6 Å². The molecule has 39 heavy (non-hydrogen) atoms. The van der Waals surface area contributed by atoms with Crippen LogP contribution in [0.2, 0.25) is 0 Å². The van der Waals surface area contributed by atoms with Crippen molar-refractivity contribution in [1.29, 1.82) is 0 Å². The molecule has 11 heteroatoms. The molecule has 0 aliphatic heterocycles. The van der Waals surface area contributed by atoms with E-state index >= 15 is 0 Å². The van der Waals surface area contributed by atoms with Crippen LogP contribution in [0.4, 0.5) is 0 Å². The minimum atomic E-state index is -3.84. The quantitative estimate of drug-likeness (QED) is 0.231. The number of hydrogen-bond donors (Lipinski definition) is 4. The van der Waals surface area contributed by atoms with Gasteiger partial charge in [-0.05, 0) is 55.7 Å². The summed E-state index contributed by atoms with van der Waals surface area (Å²) < 4.78 is 39.9. The van der Waals surface area contributed by atoms with Gasteiger partial charge < -0.3 is 29.7 Å². The molecule has 0 aromatic heterocycles. The van der Waals surface area contributed by atoms with Crippen LogP contribution in [0.3, 0.4) is 0 Å². The van der Waals surface area contributed by atoms with Gasteiger partial charge in [-0.3, -0.25) is 0 Å². The summed E-state index contributed by atoms with van der Waals surface area (Å²) in [6.45, 7) is 5.66. The molecule has 0 aliphatic rings. The lowest BCUT2D eigenvalue weighted by Crippen LogP contribution is -2.32. The van der Waals surface area contributed by atoms with Gasteiger partial charge in [0.1, 0.15) is 17.3 Å². The van der Waals surface area contributed by atoms with Gasteiger partial charge in [-0.2, -0.15) is 0 Å². The number of carbonyl (C=O) groups is 1. The summed E-state index contributed by atoms with van der Waals surface area (Å²) in [7, 11) is -2.43. The molecular weight excluding hydrogens is 524 g/mol. The number of hydrogen-bond acceptors (Lipinski definition) is 8. The highest BCUT2D eigenvalue weighted by Gasteiger charge is 2.16. The minimum absolute atomic E-state index is 0.00411. The Morgan fingerprint density at radius 2 is 1.59 bits per heavy atom. The van der Waals surface area contributed by atoms with Gasteiger partial charge >= 0.3 is 5.97 Å². The molecule has 0 radical (unpaired) electrons. The second-order valence-electron chi connectivity index (χ2n) is 8.47. The SMILES string of the molecule is CCOc1ccccc1OCCN[C@@H](C)Cc1ccc(OC)c(S(N)(=O)=O)c1.O=C(O)[C@@H](O)c1ccccc1. The number of aliphatic hydroxyl groups excluding tert-OH is 1. The van der Waals surface area contributed by atoms with Crippen molar-refractivity contribution in [3.63, 3.8) is 0 Å². The van der Waals surface area contributed by atoms with Gasteiger partial charge in [0.15, 0.2) is 17.6 Å². The van der Waals surface area contributed by atoms with Gasteiger partial charge in [0.05, 0.1) is 13.7 Å². The third kappa shape index (κ3) is 10.6. The predicted octanol–water partition coefficient (Wildman–Crippen LogP) is 3.15. The molecular formula is C28H36N2O8S. The average molecular weight is 561 g/mol. The van der Waals surface area contributed by atoms with Crippen LogP contribution >= 0.6 is 0 Å². The molecule has 3 rings (SSSR count). The van der Waals surface area contributed by atoms with E-state index in [1.54, 1.807) is 42.5 Å². The van der Waals surface area contributed by atoms with Crippen molar-refractivity contribution in [2.75, 3.05) is 26.9 Å². The molecule has 0 aliphatic carbocycles. The third-order valence-electron chi connectivity index (χ3n) is 5.43. The molecule has 0 heterocycles. The summed E-state index contributed by atoms with van der Waals surface area (Å²) in [5.41, 5.74) is 1.26. The molecule has 0 saturated carbocycles. The molecule has 212 valence electrons. The Kier molecular flexibility index (Phi) is 12.7. The standard InChI is InChI=1S/C20H28N2O5S.C8H8O3/c1-4-26-17-7-5-6-8-18(17)27-12-11-22-15(2)13-16-9-10-19(25-3)20(14-16)28(21,23)24;9-7(8(10)11)6-4-2-1-3-5-6/h5-10,14-15,22H,4,11-13H2,1-3H3,(H2,21,23,24);1-5,7,9H,(H,10,11)/t15-;7-/m00/s1. The summed E-state index contributed by atoms with van der Waals surface area (Å²) in [6, 6.07) is 21.0. The highest BCUT2D eigenvalue weighted by atomic mass is 32.2. The number of sulfonamides is 1. The van der Waals surface area contributed by atoms with Crippen LogP contribution in [0, 0.1) is 0 Å². The van der Waals surface area contributed by atoms with Crippen LogP contribution in [0.1, 0.15) is 31.1 Å². The molecule has 0 unspecified atom stereocenters. The number of aliphatic carboxylic acids is 1. The fraction of sp³-hybridized carbons (Fsp3) is 0.321. The maximum Gasteiger partial charge on any atom is 0.337 e. The van der Waals surface area contributed by atoms with Crippen molar-refractivity contribution in [1.82, 2.24) is 5.32 Å². The molecule has 2 atom stereocenters. The smallest absolute Gasteiger partial charge is 0.337 e. The maximum atomic E-state index is 11.7. The van der Waals surface area contributed by atoms with Crippen molar-refractivity contribution >= 4 is 16.0 Å². The number of nitrogens with two attached hydrogens (primary N) is 1. The van der Waals surface area contributed by atoms with Gasteiger partial charge in [0.2, 0.25) is 10.0 Å². The summed E-state index contributed by atoms with van der Waals surface area (Å²) in [4.78, 5) is 10.2. The van der Waals surface area contributed by atoms with Gasteiger partial charge in [-0.25, -0.2) is 18.4 Å². The Morgan fingerprint density at radius 1 is 0.974 bits per heavy atom. The van der Waals surface area contributed by atoms with E-state index in [1.165, 1.54) is 7.11 Å². The number of carboxylic acid groups (broad SMARTS) is 1. The maximum absolute atomic E-state index is 11.7. The molecule has 0 amide bonds. The lowest BCUT2D eigenvalue weighted by atomic mass is 10.1. The Morgan fingerprint density at radius 3 is 2.15 bits per heavy atom. The number of aliphatic hydroxyl groups is 1. The summed E-state index contributed by atoms with van der Waals surface area (Å²) >= 11 is 0. The zero-order chi connectivity index (χ0) is 28.8. The number of nitrogens with one attached hydrogen (secondary N) is 1. The Bertz CT molecular complexity index is 1290. The Balaban J connectivity index is 0.000000404. The van der Waals surface area contributed by atoms with E-state index in [2.05, 4.69) is 5.32 Å². The first-order valence-electron chi connectivity index (χ1n) is 12.3. The highest BCUT2D eigenvalue weighted by molar-refractivity contribution is 7.89. The number of benzene rings is 3. The number of methoxy groups -OCH3 is 1. The molecule has 0 fully saturated rings. The van der Waals surface area contributed by atoms with Crippen LogP contribution in [0.25, 0.3) is 0 Å². The highest BCUT2D eigenvalue weighted by Crippen LogP contribution is 2.26. The van der Waals surface area contributed by atoms with Crippen molar-refractivity contribution in [2.45, 2.75) is 37.3 Å². The van der Waals surface area contributed by atoms with E-state index in [1.807, 2.05) is 44.2 Å². The predicted molar refractivity (Wildman–Crippen MR) is 148 cm³/mol. The Labute approximate surface area is 229 Å². The lowest BCUT2D eigenvalue weighted by Gasteiger charge is -2.16. The summed E-state index contributed by atoms with van der Waals surface area (Å²) in [6.07, 6.45) is -0.765. The van der Waals surface area contributed by atoms with Gasteiger partial charge in [0, 0.05) is 12.6 Å². The van der Waals surface area contributed by atoms with Crippen LogP contribution in [-0.2, 0) is 21.2 Å². The molecule has 10 nitrogen and oxygen atoms in total.